The van der Waals surface area contributed by atoms with Crippen molar-refractivity contribution >= 4 is 34.8 Å². The summed E-state index contributed by atoms with van der Waals surface area (Å²) >= 11 is 9.80. The molecule has 1 aromatic heterocycles. The lowest BCUT2D eigenvalue weighted by molar-refractivity contribution is 1.03. The van der Waals surface area contributed by atoms with Gasteiger partial charge in [0.25, 0.3) is 0 Å². The topological polar surface area (TPSA) is 38.1 Å². The summed E-state index contributed by atoms with van der Waals surface area (Å²) in [6.07, 6.45) is 0. The molecule has 1 rings (SSSR count). The minimum atomic E-state index is 0.336. The molecule has 5 heteroatoms. The monoisotopic (exact) mass is 171 g/mol. The van der Waals surface area contributed by atoms with Gasteiger partial charge in [-0.05, 0) is 24.4 Å². The number of hydrogen-bond acceptors (Lipinski definition) is 4. The Morgan fingerprint density at radius 2 is 2.30 bits per heavy atom. The average Bonchev–Trinajstić information content (AvgIpc) is 1.95. The van der Waals surface area contributed by atoms with Crippen molar-refractivity contribution in [2.45, 2.75) is 0 Å². The first-order chi connectivity index (χ1) is 4.83. The number of hydrogen-bond donors (Lipinski definition) is 0. The Bertz CT molecular complexity index is 265. The lowest BCUT2D eigenvalue weighted by Gasteiger charge is -1.86. The van der Waals surface area contributed by atoms with Gasteiger partial charge in [-0.3, -0.25) is 0 Å². The molecule has 0 saturated carbocycles. The molecule has 0 aliphatic rings. The van der Waals surface area contributed by atoms with E-state index < -0.39 is 0 Å². The van der Waals surface area contributed by atoms with Crippen molar-refractivity contribution < 1.29 is 0 Å². The maximum atomic E-state index is 5.45. The van der Waals surface area contributed by atoms with Crippen LogP contribution in [0.5, 0.6) is 0 Å². The zero-order valence-electron chi connectivity index (χ0n) is 4.78. The first-order valence-electron chi connectivity index (χ1n) is 2.40. The van der Waals surface area contributed by atoms with E-state index in [2.05, 4.69) is 32.6 Å². The largest absolute Gasteiger partial charge is 0.184 e. The van der Waals surface area contributed by atoms with Gasteiger partial charge in [-0.2, -0.15) is 4.99 Å². The lowest BCUT2D eigenvalue weighted by atomic mass is 10.5. The van der Waals surface area contributed by atoms with Crippen LogP contribution in [0.4, 0.5) is 5.82 Å². The van der Waals surface area contributed by atoms with Gasteiger partial charge < -0.3 is 0 Å². The van der Waals surface area contributed by atoms with E-state index in [9.17, 15) is 0 Å². The van der Waals surface area contributed by atoms with Gasteiger partial charge in [0.1, 0.15) is 0 Å². The van der Waals surface area contributed by atoms with Gasteiger partial charge in [-0.25, -0.2) is 0 Å². The fourth-order valence-electron chi connectivity index (χ4n) is 0.415. The summed E-state index contributed by atoms with van der Waals surface area (Å²) in [6.45, 7) is 0. The van der Waals surface area contributed by atoms with Crippen LogP contribution in [0.2, 0.25) is 5.15 Å². The van der Waals surface area contributed by atoms with Gasteiger partial charge in [-0.15, -0.1) is 10.2 Å². The highest BCUT2D eigenvalue weighted by Gasteiger charge is 1.89. The van der Waals surface area contributed by atoms with Crippen LogP contribution in [0.3, 0.4) is 0 Å². The second-order valence-electron chi connectivity index (χ2n) is 1.42. The molecular formula is C5H2ClN3S. The molecule has 0 bridgehead atoms. The number of halogens is 1. The molecule has 0 aromatic carbocycles. The molecule has 10 heavy (non-hydrogen) atoms. The molecule has 1 aromatic rings. The molecule has 0 aliphatic carbocycles. The second kappa shape index (κ2) is 3.37. The quantitative estimate of drug-likeness (QED) is 0.478. The third kappa shape index (κ3) is 1.84. The molecule has 1 heterocycles. The summed E-state index contributed by atoms with van der Waals surface area (Å²) in [7, 11) is 0. The normalized spacial score (nSPS) is 8.50. The first-order valence-corrected chi connectivity index (χ1v) is 3.18. The summed E-state index contributed by atoms with van der Waals surface area (Å²) in [6, 6.07) is 3.19. The number of aliphatic imine (C=N–C) groups is 1. The molecule has 0 unspecified atom stereocenters. The fraction of sp³-hybridized carbons (Fsp3) is 0. The Morgan fingerprint density at radius 1 is 1.50 bits per heavy atom. The highest BCUT2D eigenvalue weighted by atomic mass is 35.5. The van der Waals surface area contributed by atoms with Gasteiger partial charge >= 0.3 is 0 Å². The van der Waals surface area contributed by atoms with Crippen molar-refractivity contribution in [3.8, 4) is 0 Å². The molecule has 0 saturated heterocycles. The molecular weight excluding hydrogens is 170 g/mol. The van der Waals surface area contributed by atoms with Crippen LogP contribution >= 0.6 is 23.8 Å². The summed E-state index contributed by atoms with van der Waals surface area (Å²) in [5.74, 6) is 0.416. The molecule has 0 N–H and O–H groups in total. The van der Waals surface area contributed by atoms with E-state index >= 15 is 0 Å². The Balaban J connectivity index is 3.00. The smallest absolute Gasteiger partial charge is 0.172 e. The number of aromatic nitrogens is 2. The number of thiocarbonyl (C=S) groups is 1. The van der Waals surface area contributed by atoms with Crippen LogP contribution in [-0.4, -0.2) is 15.4 Å². The highest BCUT2D eigenvalue weighted by Crippen LogP contribution is 2.07. The second-order valence-corrected chi connectivity index (χ2v) is 1.99. The van der Waals surface area contributed by atoms with Crippen LogP contribution in [-0.2, 0) is 0 Å². The van der Waals surface area contributed by atoms with Crippen LogP contribution in [0.15, 0.2) is 17.1 Å². The van der Waals surface area contributed by atoms with Crippen molar-refractivity contribution in [1.82, 2.24) is 10.2 Å². The van der Waals surface area contributed by atoms with E-state index in [4.69, 9.17) is 11.6 Å². The minimum Gasteiger partial charge on any atom is -0.172 e. The van der Waals surface area contributed by atoms with E-state index in [1.807, 2.05) is 0 Å². The van der Waals surface area contributed by atoms with Gasteiger partial charge in [-0.1, -0.05) is 11.6 Å². The summed E-state index contributed by atoms with van der Waals surface area (Å²) in [5, 5.41) is 9.63. The van der Waals surface area contributed by atoms with Gasteiger partial charge in [0.05, 0.1) is 5.16 Å². The molecule has 0 fully saturated rings. The van der Waals surface area contributed by atoms with Crippen molar-refractivity contribution in [3.05, 3.63) is 17.3 Å². The Kier molecular flexibility index (Phi) is 2.45. The predicted octanol–water partition coefficient (Wildman–Crippen LogP) is 1.86. The fourth-order valence-corrected chi connectivity index (χ4v) is 0.610. The molecule has 0 amide bonds. The van der Waals surface area contributed by atoms with Crippen LogP contribution in [0.25, 0.3) is 0 Å². The van der Waals surface area contributed by atoms with Crippen LogP contribution in [0.1, 0.15) is 0 Å². The molecule has 0 atom stereocenters. The summed E-state index contributed by atoms with van der Waals surface area (Å²) < 4.78 is 0. The van der Waals surface area contributed by atoms with Crippen molar-refractivity contribution in [2.24, 2.45) is 4.99 Å². The van der Waals surface area contributed by atoms with Crippen molar-refractivity contribution in [3.63, 3.8) is 0 Å². The van der Waals surface area contributed by atoms with Gasteiger partial charge in [0, 0.05) is 0 Å². The van der Waals surface area contributed by atoms with Crippen molar-refractivity contribution in [1.29, 1.82) is 0 Å². The average molecular weight is 172 g/mol. The zero-order chi connectivity index (χ0) is 7.40. The van der Waals surface area contributed by atoms with E-state index in [-0.39, 0.29) is 0 Å². The SMILES string of the molecule is S=C=Nc1ccc(Cl)nn1. The standard InChI is InChI=1S/C5H2ClN3S/c6-4-1-2-5(7-3-10)9-8-4/h1-2H. The molecule has 3 nitrogen and oxygen atoms in total. The molecule has 50 valence electrons. The third-order valence-corrected chi connectivity index (χ3v) is 1.07. The third-order valence-electron chi connectivity index (χ3n) is 0.778. The minimum absolute atomic E-state index is 0.336. The van der Waals surface area contributed by atoms with Crippen LogP contribution < -0.4 is 0 Å². The Morgan fingerprint density at radius 3 is 2.80 bits per heavy atom. The molecule has 0 spiro atoms. The Hall–Kier alpha value is -0.830. The van der Waals surface area contributed by atoms with Crippen molar-refractivity contribution in [2.75, 3.05) is 0 Å². The van der Waals surface area contributed by atoms with E-state index in [1.165, 1.54) is 0 Å². The number of nitrogens with zero attached hydrogens (tertiary/aromatic N) is 3. The maximum absolute atomic E-state index is 5.45. The molecule has 0 aliphatic heterocycles. The summed E-state index contributed by atoms with van der Waals surface area (Å²) in [4.78, 5) is 3.58. The number of rotatable bonds is 1. The van der Waals surface area contributed by atoms with Gasteiger partial charge in [0.15, 0.2) is 11.0 Å². The van der Waals surface area contributed by atoms with E-state index in [0.717, 1.165) is 0 Å². The van der Waals surface area contributed by atoms with Gasteiger partial charge in [0.2, 0.25) is 0 Å². The zero-order valence-corrected chi connectivity index (χ0v) is 6.35. The van der Waals surface area contributed by atoms with E-state index in [0.29, 0.717) is 11.0 Å². The van der Waals surface area contributed by atoms with E-state index in [1.54, 1.807) is 12.1 Å². The lowest BCUT2D eigenvalue weighted by Crippen LogP contribution is -1.79. The maximum Gasteiger partial charge on any atom is 0.184 e. The molecule has 0 radical (unpaired) electrons. The summed E-state index contributed by atoms with van der Waals surface area (Å²) in [5.41, 5.74) is 0. The Labute approximate surface area is 67.8 Å². The van der Waals surface area contributed by atoms with Crippen LogP contribution in [0, 0.1) is 0 Å². The first kappa shape index (κ1) is 7.28. The number of isothiocyanates is 1. The predicted molar refractivity (Wildman–Crippen MR) is 41.7 cm³/mol. The highest BCUT2D eigenvalue weighted by molar-refractivity contribution is 7.78.